The maximum atomic E-state index is 11.3. The second-order valence-corrected chi connectivity index (χ2v) is 7.85. The lowest BCUT2D eigenvalue weighted by molar-refractivity contribution is 0.0690. The van der Waals surface area contributed by atoms with Crippen LogP contribution in [-0.2, 0) is 6.61 Å². The molecule has 146 valence electrons. The number of hydrogen-bond acceptors (Lipinski definition) is 3. The van der Waals surface area contributed by atoms with E-state index in [4.69, 9.17) is 4.74 Å². The Balaban J connectivity index is 1.72. The molecule has 0 atom stereocenters. The Labute approximate surface area is 178 Å². The van der Waals surface area contributed by atoms with Crippen molar-refractivity contribution in [2.24, 2.45) is 0 Å². The fraction of sp³-hybridized carbons (Fsp3) is 0.167. The molecule has 0 aliphatic heterocycles. The van der Waals surface area contributed by atoms with Gasteiger partial charge in [0, 0.05) is 10.0 Å². The van der Waals surface area contributed by atoms with Crippen LogP contribution in [0.25, 0.3) is 11.1 Å². The number of carboxylic acids is 1. The predicted octanol–water partition coefficient (Wildman–Crippen LogP) is 6.22. The molecule has 0 radical (unpaired) electrons. The number of carbonyl (C=O) groups is 1. The standard InChI is InChI=1S/C24H20BrNO3/c25-17-12-13-23(29-15-16-6-2-1-3-7-16)20(14-17)18-8-4-9-19(18)21-10-5-11-22(26-21)24(27)28/h1-3,5-7,10-14H,4,8-9,15H2,(H,27,28). The van der Waals surface area contributed by atoms with Crippen molar-refractivity contribution in [2.45, 2.75) is 25.9 Å². The van der Waals surface area contributed by atoms with Crippen LogP contribution in [-0.4, -0.2) is 16.1 Å². The fourth-order valence-corrected chi connectivity index (χ4v) is 4.01. The van der Waals surface area contributed by atoms with Gasteiger partial charge >= 0.3 is 5.97 Å². The molecule has 0 amide bonds. The van der Waals surface area contributed by atoms with E-state index in [1.807, 2.05) is 48.5 Å². The third kappa shape index (κ3) is 4.40. The van der Waals surface area contributed by atoms with Gasteiger partial charge in [-0.25, -0.2) is 9.78 Å². The summed E-state index contributed by atoms with van der Waals surface area (Å²) in [4.78, 5) is 15.7. The molecule has 1 heterocycles. The maximum absolute atomic E-state index is 11.3. The lowest BCUT2D eigenvalue weighted by Gasteiger charge is -2.15. The highest BCUT2D eigenvalue weighted by atomic mass is 79.9. The van der Waals surface area contributed by atoms with Crippen LogP contribution in [0.15, 0.2) is 71.2 Å². The SMILES string of the molecule is O=C(O)c1cccc(C2=C(c3cc(Br)ccc3OCc3ccccc3)CCC2)n1. The Kier molecular flexibility index (Phi) is 5.76. The van der Waals surface area contributed by atoms with Crippen molar-refractivity contribution in [3.63, 3.8) is 0 Å². The molecule has 0 saturated heterocycles. The highest BCUT2D eigenvalue weighted by Crippen LogP contribution is 2.43. The Morgan fingerprint density at radius 1 is 1.00 bits per heavy atom. The van der Waals surface area contributed by atoms with Gasteiger partial charge in [0.15, 0.2) is 0 Å². The Morgan fingerprint density at radius 3 is 2.59 bits per heavy atom. The smallest absolute Gasteiger partial charge is 0.354 e. The van der Waals surface area contributed by atoms with Gasteiger partial charge in [0.2, 0.25) is 0 Å². The first-order valence-corrected chi connectivity index (χ1v) is 10.3. The first-order chi connectivity index (χ1) is 14.1. The molecular formula is C24H20BrNO3. The van der Waals surface area contributed by atoms with E-state index >= 15 is 0 Å². The predicted molar refractivity (Wildman–Crippen MR) is 117 cm³/mol. The van der Waals surface area contributed by atoms with E-state index in [1.165, 1.54) is 11.6 Å². The first-order valence-electron chi connectivity index (χ1n) is 9.51. The maximum Gasteiger partial charge on any atom is 0.354 e. The highest BCUT2D eigenvalue weighted by Gasteiger charge is 2.22. The van der Waals surface area contributed by atoms with Gasteiger partial charge in [0.25, 0.3) is 0 Å². The van der Waals surface area contributed by atoms with Crippen molar-refractivity contribution in [1.82, 2.24) is 4.98 Å². The normalized spacial score (nSPS) is 13.6. The molecule has 0 saturated carbocycles. The fourth-order valence-electron chi connectivity index (χ4n) is 3.64. The number of nitrogens with zero attached hydrogens (tertiary/aromatic N) is 1. The van der Waals surface area contributed by atoms with Gasteiger partial charge in [-0.3, -0.25) is 0 Å². The van der Waals surface area contributed by atoms with Crippen LogP contribution in [0.3, 0.4) is 0 Å². The highest BCUT2D eigenvalue weighted by molar-refractivity contribution is 9.10. The summed E-state index contributed by atoms with van der Waals surface area (Å²) in [5, 5.41) is 9.29. The molecule has 1 N–H and O–H groups in total. The minimum absolute atomic E-state index is 0.0658. The van der Waals surface area contributed by atoms with Crippen LogP contribution in [0.2, 0.25) is 0 Å². The first kappa shape index (κ1) is 19.4. The van der Waals surface area contributed by atoms with Gasteiger partial charge in [-0.15, -0.1) is 0 Å². The molecule has 0 fully saturated rings. The van der Waals surface area contributed by atoms with Gasteiger partial charge in [0.1, 0.15) is 18.1 Å². The molecule has 1 aromatic heterocycles. The number of aromatic carboxylic acids is 1. The van der Waals surface area contributed by atoms with Crippen molar-refractivity contribution < 1.29 is 14.6 Å². The summed E-state index contributed by atoms with van der Waals surface area (Å²) < 4.78 is 7.14. The topological polar surface area (TPSA) is 59.4 Å². The number of aromatic nitrogens is 1. The molecule has 1 aliphatic rings. The number of halogens is 1. The number of allylic oxidation sites excluding steroid dienone is 2. The van der Waals surface area contributed by atoms with Gasteiger partial charge in [-0.1, -0.05) is 52.3 Å². The Morgan fingerprint density at radius 2 is 1.79 bits per heavy atom. The van der Waals surface area contributed by atoms with E-state index < -0.39 is 5.97 Å². The molecule has 1 aliphatic carbocycles. The largest absolute Gasteiger partial charge is 0.488 e. The third-order valence-electron chi connectivity index (χ3n) is 5.00. The van der Waals surface area contributed by atoms with Crippen LogP contribution in [0, 0.1) is 0 Å². The monoisotopic (exact) mass is 449 g/mol. The summed E-state index contributed by atoms with van der Waals surface area (Å²) in [6.45, 7) is 0.491. The summed E-state index contributed by atoms with van der Waals surface area (Å²) in [6, 6.07) is 21.3. The van der Waals surface area contributed by atoms with Crippen molar-refractivity contribution in [2.75, 3.05) is 0 Å². The molecule has 0 bridgehead atoms. The second kappa shape index (κ2) is 8.62. The number of ether oxygens (including phenoxy) is 1. The molecule has 3 aromatic rings. The van der Waals surface area contributed by atoms with Crippen molar-refractivity contribution in [1.29, 1.82) is 0 Å². The van der Waals surface area contributed by atoms with Crippen LogP contribution in [0.1, 0.15) is 46.6 Å². The van der Waals surface area contributed by atoms with Gasteiger partial charge in [-0.2, -0.15) is 0 Å². The van der Waals surface area contributed by atoms with Gasteiger partial charge in [0.05, 0.1) is 5.69 Å². The van der Waals surface area contributed by atoms with Crippen LogP contribution in [0.4, 0.5) is 0 Å². The van der Waals surface area contributed by atoms with E-state index in [0.717, 1.165) is 51.9 Å². The summed E-state index contributed by atoms with van der Waals surface area (Å²) in [5.74, 6) is -0.192. The number of hydrogen-bond donors (Lipinski definition) is 1. The third-order valence-corrected chi connectivity index (χ3v) is 5.49. The minimum Gasteiger partial charge on any atom is -0.488 e. The van der Waals surface area contributed by atoms with Crippen LogP contribution >= 0.6 is 15.9 Å². The van der Waals surface area contributed by atoms with Crippen LogP contribution in [0.5, 0.6) is 5.75 Å². The Hall–Kier alpha value is -2.92. The van der Waals surface area contributed by atoms with E-state index in [1.54, 1.807) is 6.07 Å². The number of carboxylic acid groups (broad SMARTS) is 1. The molecule has 2 aromatic carbocycles. The second-order valence-electron chi connectivity index (χ2n) is 6.94. The van der Waals surface area contributed by atoms with Gasteiger partial charge in [-0.05, 0) is 66.3 Å². The number of pyridine rings is 1. The van der Waals surface area contributed by atoms with E-state index in [2.05, 4.69) is 27.0 Å². The quantitative estimate of drug-likeness (QED) is 0.485. The summed E-state index contributed by atoms with van der Waals surface area (Å²) >= 11 is 3.57. The lowest BCUT2D eigenvalue weighted by atomic mass is 9.99. The summed E-state index contributed by atoms with van der Waals surface area (Å²) in [5.41, 5.74) is 5.20. The van der Waals surface area contributed by atoms with E-state index in [0.29, 0.717) is 6.61 Å². The number of benzene rings is 2. The molecule has 0 spiro atoms. The zero-order valence-corrected chi connectivity index (χ0v) is 17.4. The van der Waals surface area contributed by atoms with Crippen molar-refractivity contribution in [3.8, 4) is 5.75 Å². The molecule has 4 nitrogen and oxygen atoms in total. The lowest BCUT2D eigenvalue weighted by Crippen LogP contribution is -2.02. The average molecular weight is 450 g/mol. The molecule has 0 unspecified atom stereocenters. The van der Waals surface area contributed by atoms with Crippen LogP contribution < -0.4 is 4.74 Å². The van der Waals surface area contributed by atoms with Gasteiger partial charge < -0.3 is 9.84 Å². The van der Waals surface area contributed by atoms with E-state index in [9.17, 15) is 9.90 Å². The molecule has 4 rings (SSSR count). The molecular weight excluding hydrogens is 430 g/mol. The van der Waals surface area contributed by atoms with Crippen molar-refractivity contribution >= 4 is 33.0 Å². The minimum atomic E-state index is -1.01. The Bertz CT molecular complexity index is 1080. The molecule has 29 heavy (non-hydrogen) atoms. The summed E-state index contributed by atoms with van der Waals surface area (Å²) in [6.07, 6.45) is 2.79. The average Bonchev–Trinajstić information content (AvgIpc) is 3.23. The van der Waals surface area contributed by atoms with Crippen molar-refractivity contribution in [3.05, 3.63) is 93.7 Å². The zero-order valence-electron chi connectivity index (χ0n) is 15.8. The summed E-state index contributed by atoms with van der Waals surface area (Å²) in [7, 11) is 0. The zero-order chi connectivity index (χ0) is 20.2. The molecule has 5 heteroatoms. The number of rotatable bonds is 6. The van der Waals surface area contributed by atoms with E-state index in [-0.39, 0.29) is 5.69 Å².